The van der Waals surface area contributed by atoms with E-state index >= 15 is 0 Å². The molecule has 0 aliphatic heterocycles. The minimum atomic E-state index is -0.0952. The monoisotopic (exact) mass is 522 g/mol. The predicted octanol–water partition coefficient (Wildman–Crippen LogP) is 5.81. The molecule has 0 bridgehead atoms. The van der Waals surface area contributed by atoms with Gasteiger partial charge >= 0.3 is 0 Å². The molecule has 192 valence electrons. The molecule has 0 spiro atoms. The quantitative estimate of drug-likeness (QED) is 0.253. The Labute approximate surface area is 228 Å². The first kappa shape index (κ1) is 23.4. The number of hydrogen-bond donors (Lipinski definition) is 3. The van der Waals surface area contributed by atoms with E-state index in [0.717, 1.165) is 44.3 Å². The van der Waals surface area contributed by atoms with E-state index in [4.69, 9.17) is 4.98 Å². The fraction of sp³-hybridized carbons (Fsp3) is 0.0323. The van der Waals surface area contributed by atoms with Crippen molar-refractivity contribution in [2.45, 2.75) is 6.42 Å². The number of aromatic amines is 2. The van der Waals surface area contributed by atoms with Crippen LogP contribution in [0, 0.1) is 0 Å². The Morgan fingerprint density at radius 3 is 2.58 bits per heavy atom. The molecule has 5 heterocycles. The van der Waals surface area contributed by atoms with E-state index in [1.54, 1.807) is 24.8 Å². The molecule has 9 nitrogen and oxygen atoms in total. The molecule has 0 aliphatic carbocycles. The molecule has 0 fully saturated rings. The number of amides is 1. The van der Waals surface area contributed by atoms with E-state index in [9.17, 15) is 4.79 Å². The molecule has 5 aromatic heterocycles. The average molecular weight is 523 g/mol. The van der Waals surface area contributed by atoms with Gasteiger partial charge in [0.05, 0.1) is 35.0 Å². The van der Waals surface area contributed by atoms with E-state index < -0.39 is 0 Å². The van der Waals surface area contributed by atoms with Crippen LogP contribution in [-0.4, -0.2) is 41.0 Å². The largest absolute Gasteiger partial charge is 0.336 e. The average Bonchev–Trinajstić information content (AvgIpc) is 3.62. The summed E-state index contributed by atoms with van der Waals surface area (Å²) in [5, 5.41) is 11.5. The van der Waals surface area contributed by atoms with Crippen LogP contribution in [0.25, 0.3) is 56.0 Å². The molecule has 0 aliphatic rings. The molecular weight excluding hydrogens is 500 g/mol. The van der Waals surface area contributed by atoms with Gasteiger partial charge in [-0.15, -0.1) is 0 Å². The molecule has 0 saturated heterocycles. The standard InChI is InChI=1S/C31H22N8O/c40-27(14-19-6-2-1-3-7-19)35-22-15-21(17-32-18-22)20-9-10-24-23(16-20)28(39-38-24)31-36-26-11-13-34-29(30(26)37-31)25-8-4-5-12-33-25/h1-13,15-18H,14H2,(H,35,40)(H,36,37)(H,38,39). The summed E-state index contributed by atoms with van der Waals surface area (Å²) in [7, 11) is 0. The van der Waals surface area contributed by atoms with Crippen LogP contribution in [0.15, 0.2) is 104 Å². The normalized spacial score (nSPS) is 11.2. The highest BCUT2D eigenvalue weighted by Gasteiger charge is 2.17. The predicted molar refractivity (Wildman–Crippen MR) is 154 cm³/mol. The van der Waals surface area contributed by atoms with Gasteiger partial charge in [-0.25, -0.2) is 4.98 Å². The van der Waals surface area contributed by atoms with E-state index in [0.29, 0.717) is 29.3 Å². The number of nitrogens with zero attached hydrogens (tertiary/aromatic N) is 5. The fourth-order valence-corrected chi connectivity index (χ4v) is 4.76. The Hall–Kier alpha value is -5.70. The lowest BCUT2D eigenvalue weighted by molar-refractivity contribution is -0.115. The Kier molecular flexibility index (Phi) is 5.78. The SMILES string of the molecule is O=C(Cc1ccccc1)Nc1cncc(-c2ccc3[nH]nc(-c4nc5c(-c6ccccn6)nccc5[nH]4)c3c2)c1. The molecule has 7 aromatic rings. The first-order chi connectivity index (χ1) is 19.7. The van der Waals surface area contributed by atoms with Crippen LogP contribution in [-0.2, 0) is 11.2 Å². The van der Waals surface area contributed by atoms with Gasteiger partial charge in [0, 0.05) is 29.5 Å². The third-order valence-corrected chi connectivity index (χ3v) is 6.66. The van der Waals surface area contributed by atoms with Crippen LogP contribution >= 0.6 is 0 Å². The number of pyridine rings is 3. The van der Waals surface area contributed by atoms with Gasteiger partial charge in [-0.3, -0.25) is 24.8 Å². The Balaban J connectivity index is 1.21. The van der Waals surface area contributed by atoms with Gasteiger partial charge in [-0.05, 0) is 47.5 Å². The van der Waals surface area contributed by atoms with Crippen molar-refractivity contribution >= 4 is 33.5 Å². The van der Waals surface area contributed by atoms with Gasteiger partial charge in [-0.2, -0.15) is 5.10 Å². The maximum atomic E-state index is 12.6. The summed E-state index contributed by atoms with van der Waals surface area (Å²) in [6.45, 7) is 0. The number of anilines is 1. The van der Waals surface area contributed by atoms with Crippen molar-refractivity contribution in [2.75, 3.05) is 5.32 Å². The van der Waals surface area contributed by atoms with Crippen LogP contribution in [0.1, 0.15) is 5.56 Å². The maximum absolute atomic E-state index is 12.6. The van der Waals surface area contributed by atoms with Gasteiger partial charge in [-0.1, -0.05) is 42.5 Å². The second-order valence-corrected chi connectivity index (χ2v) is 9.36. The molecule has 40 heavy (non-hydrogen) atoms. The number of carbonyl (C=O) groups is 1. The third-order valence-electron chi connectivity index (χ3n) is 6.66. The molecule has 7 rings (SSSR count). The van der Waals surface area contributed by atoms with Crippen molar-refractivity contribution in [2.24, 2.45) is 0 Å². The number of aromatic nitrogens is 7. The number of hydrogen-bond acceptors (Lipinski definition) is 6. The Morgan fingerprint density at radius 1 is 0.800 bits per heavy atom. The summed E-state index contributed by atoms with van der Waals surface area (Å²) in [6.07, 6.45) is 7.21. The molecule has 0 radical (unpaired) electrons. The lowest BCUT2D eigenvalue weighted by Crippen LogP contribution is -2.14. The number of rotatable bonds is 6. The summed E-state index contributed by atoms with van der Waals surface area (Å²) < 4.78 is 0. The zero-order valence-electron chi connectivity index (χ0n) is 21.2. The van der Waals surface area contributed by atoms with Crippen LogP contribution < -0.4 is 5.32 Å². The molecule has 0 unspecified atom stereocenters. The van der Waals surface area contributed by atoms with Crippen molar-refractivity contribution < 1.29 is 4.79 Å². The van der Waals surface area contributed by atoms with Gasteiger partial charge in [0.15, 0.2) is 5.82 Å². The van der Waals surface area contributed by atoms with Crippen molar-refractivity contribution in [3.63, 3.8) is 0 Å². The number of benzene rings is 2. The number of nitrogens with one attached hydrogen (secondary N) is 3. The lowest BCUT2D eigenvalue weighted by Gasteiger charge is -2.08. The third kappa shape index (κ3) is 4.45. The second kappa shape index (κ2) is 9.88. The summed E-state index contributed by atoms with van der Waals surface area (Å²) in [5.41, 5.74) is 8.01. The van der Waals surface area contributed by atoms with Crippen LogP contribution in [0.3, 0.4) is 0 Å². The smallest absolute Gasteiger partial charge is 0.228 e. The van der Waals surface area contributed by atoms with E-state index in [-0.39, 0.29) is 5.91 Å². The molecule has 2 aromatic carbocycles. The summed E-state index contributed by atoms with van der Waals surface area (Å²) in [5.74, 6) is 0.533. The number of H-pyrrole nitrogens is 2. The van der Waals surface area contributed by atoms with Gasteiger partial charge in [0.25, 0.3) is 0 Å². The molecule has 0 saturated carbocycles. The Bertz CT molecular complexity index is 1980. The van der Waals surface area contributed by atoms with Gasteiger partial charge in [0.2, 0.25) is 5.91 Å². The minimum absolute atomic E-state index is 0.0952. The van der Waals surface area contributed by atoms with E-state index in [2.05, 4.69) is 35.5 Å². The van der Waals surface area contributed by atoms with Gasteiger partial charge in [0.1, 0.15) is 16.9 Å². The van der Waals surface area contributed by atoms with E-state index in [1.165, 1.54) is 0 Å². The fourth-order valence-electron chi connectivity index (χ4n) is 4.76. The first-order valence-corrected chi connectivity index (χ1v) is 12.7. The van der Waals surface area contributed by atoms with Crippen LogP contribution in [0.2, 0.25) is 0 Å². The first-order valence-electron chi connectivity index (χ1n) is 12.7. The highest BCUT2D eigenvalue weighted by atomic mass is 16.1. The van der Waals surface area contributed by atoms with Crippen LogP contribution in [0.4, 0.5) is 5.69 Å². The number of imidazole rings is 1. The molecule has 3 N–H and O–H groups in total. The van der Waals surface area contributed by atoms with Crippen molar-refractivity contribution in [1.29, 1.82) is 0 Å². The molecule has 0 atom stereocenters. The minimum Gasteiger partial charge on any atom is -0.336 e. The summed E-state index contributed by atoms with van der Waals surface area (Å²) >= 11 is 0. The van der Waals surface area contributed by atoms with Crippen molar-refractivity contribution in [1.82, 2.24) is 35.1 Å². The van der Waals surface area contributed by atoms with Crippen LogP contribution in [0.5, 0.6) is 0 Å². The number of carbonyl (C=O) groups excluding carboxylic acids is 1. The van der Waals surface area contributed by atoms with Crippen molar-refractivity contribution in [3.8, 4) is 34.0 Å². The highest BCUT2D eigenvalue weighted by Crippen LogP contribution is 2.32. The summed E-state index contributed by atoms with van der Waals surface area (Å²) in [6, 6.07) is 25.2. The second-order valence-electron chi connectivity index (χ2n) is 9.36. The van der Waals surface area contributed by atoms with Crippen molar-refractivity contribution in [3.05, 3.63) is 109 Å². The zero-order valence-corrected chi connectivity index (χ0v) is 21.2. The molecular formula is C31H22N8O. The maximum Gasteiger partial charge on any atom is 0.228 e. The Morgan fingerprint density at radius 2 is 1.70 bits per heavy atom. The topological polar surface area (TPSA) is 125 Å². The van der Waals surface area contributed by atoms with Gasteiger partial charge < -0.3 is 10.3 Å². The summed E-state index contributed by atoms with van der Waals surface area (Å²) in [4.78, 5) is 34.2. The molecule has 9 heteroatoms. The zero-order chi connectivity index (χ0) is 26.9. The highest BCUT2D eigenvalue weighted by molar-refractivity contribution is 5.98. The lowest BCUT2D eigenvalue weighted by atomic mass is 10.0. The van der Waals surface area contributed by atoms with E-state index in [1.807, 2.05) is 78.9 Å². The number of fused-ring (bicyclic) bond motifs is 2. The molecule has 1 amide bonds.